The second kappa shape index (κ2) is 8.98. The molecule has 34 heavy (non-hydrogen) atoms. The molecule has 11 heteroatoms. The van der Waals surface area contributed by atoms with Crippen molar-refractivity contribution in [2.45, 2.75) is 45.0 Å². The number of benzene rings is 1. The van der Waals surface area contributed by atoms with E-state index in [-0.39, 0.29) is 12.3 Å². The summed E-state index contributed by atoms with van der Waals surface area (Å²) in [5.74, 6) is 0.967. The van der Waals surface area contributed by atoms with Gasteiger partial charge in [-0.05, 0) is 67.6 Å². The molecule has 1 aromatic rings. The number of rotatable bonds is 5. The molecule has 0 atom stereocenters. The molecule has 3 N–H and O–H groups in total. The van der Waals surface area contributed by atoms with Crippen molar-refractivity contribution in [2.75, 3.05) is 7.11 Å². The molecule has 0 spiro atoms. The van der Waals surface area contributed by atoms with Crippen LogP contribution in [-0.4, -0.2) is 55.5 Å². The second-order valence-electron chi connectivity index (χ2n) is 8.96. The Bertz CT molecular complexity index is 1250. The van der Waals surface area contributed by atoms with Crippen LogP contribution in [0.3, 0.4) is 0 Å². The van der Waals surface area contributed by atoms with Crippen molar-refractivity contribution in [2.24, 2.45) is 10.1 Å². The highest BCUT2D eigenvalue weighted by Gasteiger charge is 2.37. The Labute approximate surface area is 201 Å². The Balaban J connectivity index is 1.90. The zero-order valence-corrected chi connectivity index (χ0v) is 20.2. The zero-order chi connectivity index (χ0) is 24.6. The quantitative estimate of drug-likeness (QED) is 0.533. The molecule has 1 aromatic carbocycles. The minimum absolute atomic E-state index is 0.0570. The normalized spacial score (nSPS) is 13.4. The van der Waals surface area contributed by atoms with Gasteiger partial charge in [-0.1, -0.05) is 12.1 Å². The van der Waals surface area contributed by atoms with Gasteiger partial charge in [0.2, 0.25) is 5.91 Å². The van der Waals surface area contributed by atoms with Crippen molar-refractivity contribution < 1.29 is 19.4 Å². The number of amidine groups is 1. The minimum atomic E-state index is -1.13. The van der Waals surface area contributed by atoms with Crippen LogP contribution in [0.25, 0.3) is 11.3 Å². The molecule has 3 aliphatic rings. The monoisotopic (exact) mass is 482 g/mol. The third-order valence-electron chi connectivity index (χ3n) is 5.43. The lowest BCUT2D eigenvalue weighted by molar-refractivity contribution is -0.117. The third-order valence-corrected chi connectivity index (χ3v) is 6.15. The summed E-state index contributed by atoms with van der Waals surface area (Å²) in [6.45, 7) is 5.75. The fraction of sp³-hybridized carbons (Fsp3) is 0.348. The minimum Gasteiger partial charge on any atom is -0.497 e. The molecule has 0 unspecified atom stereocenters. The first-order chi connectivity index (χ1) is 16.1. The third kappa shape index (κ3) is 4.56. The van der Waals surface area contributed by atoms with Crippen LogP contribution < -0.4 is 10.5 Å². The van der Waals surface area contributed by atoms with Crippen LogP contribution >= 0.6 is 11.9 Å². The van der Waals surface area contributed by atoms with E-state index in [4.69, 9.17) is 15.6 Å². The van der Waals surface area contributed by atoms with E-state index in [1.54, 1.807) is 27.9 Å². The van der Waals surface area contributed by atoms with E-state index in [0.717, 1.165) is 22.4 Å². The average molecular weight is 483 g/mol. The molecule has 0 saturated carbocycles. The Kier molecular flexibility index (Phi) is 6.22. The molecule has 178 valence electrons. The van der Waals surface area contributed by atoms with Gasteiger partial charge in [0.15, 0.2) is 5.84 Å². The van der Waals surface area contributed by atoms with Gasteiger partial charge in [0, 0.05) is 16.9 Å². The fourth-order valence-electron chi connectivity index (χ4n) is 3.97. The highest BCUT2D eigenvalue weighted by Crippen LogP contribution is 2.39. The van der Waals surface area contributed by atoms with Crippen molar-refractivity contribution in [3.63, 3.8) is 0 Å². The van der Waals surface area contributed by atoms with E-state index in [1.807, 2.05) is 30.3 Å². The maximum absolute atomic E-state index is 12.3. The molecular weight excluding hydrogens is 456 g/mol. The van der Waals surface area contributed by atoms with E-state index < -0.39 is 17.5 Å². The van der Waals surface area contributed by atoms with Gasteiger partial charge in [-0.25, -0.2) is 4.79 Å². The van der Waals surface area contributed by atoms with Crippen molar-refractivity contribution in [3.8, 4) is 17.0 Å². The summed E-state index contributed by atoms with van der Waals surface area (Å²) in [4.78, 5) is 26.7. The van der Waals surface area contributed by atoms with Crippen molar-refractivity contribution >= 4 is 29.8 Å². The van der Waals surface area contributed by atoms with E-state index in [1.165, 1.54) is 21.6 Å². The number of amides is 2. The molecule has 4 rings (SSSR count). The van der Waals surface area contributed by atoms with E-state index in [9.17, 15) is 14.7 Å². The molecule has 1 aliphatic carbocycles. The smallest absolute Gasteiger partial charge is 0.413 e. The fourth-order valence-corrected chi connectivity index (χ4v) is 4.78. The van der Waals surface area contributed by atoms with E-state index in [2.05, 4.69) is 9.50 Å². The second-order valence-corrected chi connectivity index (χ2v) is 9.69. The molecule has 2 amide bonds. The van der Waals surface area contributed by atoms with Crippen LogP contribution in [0.1, 0.15) is 43.2 Å². The summed E-state index contributed by atoms with van der Waals surface area (Å²) >= 11 is 1.22. The number of carboxylic acid groups (broad SMARTS) is 1. The molecule has 0 bridgehead atoms. The summed E-state index contributed by atoms with van der Waals surface area (Å²) < 4.78 is 9.78. The average Bonchev–Trinajstić information content (AvgIpc) is 2.96. The number of carbonyl (C=O) groups is 2. The van der Waals surface area contributed by atoms with Crippen LogP contribution in [0.15, 0.2) is 34.7 Å². The lowest BCUT2D eigenvalue weighted by Gasteiger charge is -2.33. The number of hydrogen-bond donors (Lipinski definition) is 2. The largest absolute Gasteiger partial charge is 0.497 e. The van der Waals surface area contributed by atoms with Crippen LogP contribution in [-0.2, 0) is 23.5 Å². The van der Waals surface area contributed by atoms with Gasteiger partial charge < -0.3 is 15.6 Å². The SMILES string of the molecule is COc1ccc(Cn2nc3cc(CC(N)=O)c4c-3c(n2)C(N(C(=O)O)C(C)(C)C)=NSC4)cc1. The number of ether oxygens (including phenoxy) is 1. The predicted molar refractivity (Wildman–Crippen MR) is 129 cm³/mol. The maximum Gasteiger partial charge on any atom is 0.413 e. The van der Waals surface area contributed by atoms with Crippen molar-refractivity contribution in [1.82, 2.24) is 19.9 Å². The molecule has 10 nitrogen and oxygen atoms in total. The van der Waals surface area contributed by atoms with E-state index >= 15 is 0 Å². The number of methoxy groups -OCH3 is 1. The summed E-state index contributed by atoms with van der Waals surface area (Å²) in [7, 11) is 1.60. The number of nitrogens with zero attached hydrogens (tertiary/aromatic N) is 5. The summed E-state index contributed by atoms with van der Waals surface area (Å²) in [6.07, 6.45) is -1.07. The van der Waals surface area contributed by atoms with Crippen LogP contribution in [0.5, 0.6) is 5.75 Å². The van der Waals surface area contributed by atoms with E-state index in [0.29, 0.717) is 29.2 Å². The number of nitrogens with two attached hydrogens (primary N) is 1. The number of carbonyl (C=O) groups excluding carboxylic acids is 1. The Morgan fingerprint density at radius 1 is 1.24 bits per heavy atom. The molecule has 0 aromatic heterocycles. The van der Waals surface area contributed by atoms with Gasteiger partial charge in [0.1, 0.15) is 11.4 Å². The Hall–Kier alpha value is -3.60. The Morgan fingerprint density at radius 3 is 2.53 bits per heavy atom. The molecule has 0 saturated heterocycles. The number of aromatic nitrogens is 3. The number of hydrogen-bond acceptors (Lipinski definition) is 7. The first-order valence-electron chi connectivity index (χ1n) is 10.6. The molecule has 2 heterocycles. The lowest BCUT2D eigenvalue weighted by atomic mass is 10.0. The van der Waals surface area contributed by atoms with Gasteiger partial charge in [-0.15, -0.1) is 0 Å². The molecule has 0 fully saturated rings. The van der Waals surface area contributed by atoms with Crippen molar-refractivity contribution in [1.29, 1.82) is 0 Å². The highest BCUT2D eigenvalue weighted by atomic mass is 32.2. The van der Waals surface area contributed by atoms with Gasteiger partial charge >= 0.3 is 6.09 Å². The number of primary amides is 1. The molecule has 2 aliphatic heterocycles. The maximum atomic E-state index is 12.3. The van der Waals surface area contributed by atoms with Gasteiger partial charge in [-0.3, -0.25) is 9.69 Å². The highest BCUT2D eigenvalue weighted by molar-refractivity contribution is 7.97. The predicted octanol–water partition coefficient (Wildman–Crippen LogP) is 3.15. The van der Waals surface area contributed by atoms with Crippen LogP contribution in [0.4, 0.5) is 4.79 Å². The van der Waals surface area contributed by atoms with Crippen LogP contribution in [0, 0.1) is 0 Å². The lowest BCUT2D eigenvalue weighted by Crippen LogP contribution is -2.49. The standard InChI is InChI=1S/C23H26N6O4S/c1-23(2,3)29(22(31)32)21-20-19-16(12-34-27-21)14(10-18(24)30)9-17(19)25-28(26-20)11-13-5-7-15(33-4)8-6-13/h5-9H,10-12H2,1-4H3,(H2,24,30)(H,31,32). The first kappa shape index (κ1) is 23.6. The van der Waals surface area contributed by atoms with Crippen molar-refractivity contribution in [3.05, 3.63) is 52.7 Å². The summed E-state index contributed by atoms with van der Waals surface area (Å²) in [5, 5.41) is 19.5. The Morgan fingerprint density at radius 2 is 1.94 bits per heavy atom. The summed E-state index contributed by atoms with van der Waals surface area (Å²) in [5.41, 5.74) is 8.97. The van der Waals surface area contributed by atoms with Gasteiger partial charge in [0.05, 0.1) is 25.8 Å². The van der Waals surface area contributed by atoms with Crippen LogP contribution in [0.2, 0.25) is 0 Å². The first-order valence-corrected chi connectivity index (χ1v) is 11.6. The van der Waals surface area contributed by atoms with Gasteiger partial charge in [0.25, 0.3) is 0 Å². The summed E-state index contributed by atoms with van der Waals surface area (Å²) in [6, 6.07) is 9.36. The van der Waals surface area contributed by atoms with Gasteiger partial charge in [-0.2, -0.15) is 19.4 Å². The topological polar surface area (TPSA) is 136 Å². The zero-order valence-electron chi connectivity index (χ0n) is 19.4. The molecular formula is C23H26N6O4S. The molecule has 0 radical (unpaired) electrons.